The Balaban J connectivity index is 1.46. The summed E-state index contributed by atoms with van der Waals surface area (Å²) in [6, 6.07) is 8.09. The number of nitrogens with zero attached hydrogens (tertiary/aromatic N) is 3. The van der Waals surface area contributed by atoms with E-state index in [4.69, 9.17) is 23.7 Å². The highest BCUT2D eigenvalue weighted by Gasteiger charge is 2.61. The highest BCUT2D eigenvalue weighted by molar-refractivity contribution is 6.08. The number of nitrogens with one attached hydrogen (secondary N) is 1. The summed E-state index contributed by atoms with van der Waals surface area (Å²) in [6.45, 7) is 14.3. The average Bonchev–Trinajstić information content (AvgIpc) is 3.78. The lowest BCUT2D eigenvalue weighted by molar-refractivity contribution is -0.290. The van der Waals surface area contributed by atoms with Crippen molar-refractivity contribution in [2.45, 2.75) is 161 Å². The van der Waals surface area contributed by atoms with Gasteiger partial charge in [-0.1, -0.05) is 58.0 Å². The van der Waals surface area contributed by atoms with Gasteiger partial charge in [0.05, 0.1) is 41.9 Å². The largest absolute Gasteiger partial charge is 0.455 e. The Kier molecular flexibility index (Phi) is 14.7. The Labute approximate surface area is 352 Å². The van der Waals surface area contributed by atoms with Crippen LogP contribution in [0.15, 0.2) is 42.9 Å². The minimum atomic E-state index is -3.22. The van der Waals surface area contributed by atoms with Gasteiger partial charge in [0, 0.05) is 56.6 Å². The van der Waals surface area contributed by atoms with Gasteiger partial charge in [-0.3, -0.25) is 14.4 Å². The minimum absolute atomic E-state index is 0.0543. The first kappa shape index (κ1) is 46.8. The lowest BCUT2D eigenvalue weighted by Gasteiger charge is -2.46. The van der Waals surface area contributed by atoms with Crippen molar-refractivity contribution in [3.05, 3.63) is 42.9 Å². The van der Waals surface area contributed by atoms with E-state index in [0.717, 1.165) is 18.2 Å². The standard InChI is InChI=1S/C44H63FN4O11/c1-11-33-44(9)36(49(41(55)60-44)20-16-15-19-48-23-32(46-24-48)30-17-13-12-14-18-30)27(4)34(51)25(2)22-42(7,56-10)38(28(5)37(53)43(8,45)40(54)58-33)59-39-35(52)31(47-29(6)50)21-26(3)57-39/h12-14,17-18,23-28,31,33,35-36,38-39,52H,11,15-16,19-22H2,1-10H3,(H,47,50)/t25-,26-,27+,28-,31+,33-,35+,36?,38-,39+,42-,43+,44-/m1/s1. The van der Waals surface area contributed by atoms with E-state index in [1.54, 1.807) is 47.9 Å². The Bertz CT molecular complexity index is 1860. The first-order valence-electron chi connectivity index (χ1n) is 21.0. The molecule has 15 nitrogen and oxygen atoms in total. The smallest absolute Gasteiger partial charge is 0.410 e. The monoisotopic (exact) mass is 842 g/mol. The van der Waals surface area contributed by atoms with Crippen LogP contribution < -0.4 is 5.32 Å². The molecular weight excluding hydrogens is 779 g/mol. The van der Waals surface area contributed by atoms with Gasteiger partial charge < -0.3 is 43.6 Å². The van der Waals surface area contributed by atoms with Crippen LogP contribution in [0, 0.1) is 17.8 Å². The van der Waals surface area contributed by atoms with Gasteiger partial charge in [-0.15, -0.1) is 0 Å². The molecule has 3 aliphatic heterocycles. The van der Waals surface area contributed by atoms with Gasteiger partial charge >= 0.3 is 12.1 Å². The van der Waals surface area contributed by atoms with Crippen LogP contribution in [-0.4, -0.2) is 122 Å². The third-order valence-electron chi connectivity index (χ3n) is 12.7. The lowest BCUT2D eigenvalue weighted by Crippen LogP contribution is -2.62. The number of Topliss-reactive ketones (excluding diaryl/α,β-unsaturated/α-hetero) is 2. The van der Waals surface area contributed by atoms with E-state index >= 15 is 4.39 Å². The number of alkyl halides is 1. The van der Waals surface area contributed by atoms with Crippen molar-refractivity contribution in [2.75, 3.05) is 13.7 Å². The summed E-state index contributed by atoms with van der Waals surface area (Å²) in [5, 5.41) is 14.0. The second kappa shape index (κ2) is 18.8. The van der Waals surface area contributed by atoms with Crippen molar-refractivity contribution in [2.24, 2.45) is 17.8 Å². The predicted octanol–water partition coefficient (Wildman–Crippen LogP) is 5.20. The Morgan fingerprint density at radius 1 is 1.03 bits per heavy atom. The van der Waals surface area contributed by atoms with E-state index in [2.05, 4.69) is 10.3 Å². The lowest BCUT2D eigenvalue weighted by atomic mass is 9.73. The SMILES string of the molecule is CC[C@H]1OC(=O)[C@@](C)(F)C(=O)[C@@H](C)[C@@H](O[C@@H]2O[C@H](C)C[C@H](NC(C)=O)[C@@H]2O)[C@](C)(OC)C[C@@H](C)C(=O)[C@H](C)C2N(CCCCn3cnc(-c4ccccc4)c3)C(=O)O[C@@]21C. The van der Waals surface area contributed by atoms with E-state index in [0.29, 0.717) is 19.4 Å². The van der Waals surface area contributed by atoms with Crippen molar-refractivity contribution in [1.82, 2.24) is 19.8 Å². The number of hydrogen-bond donors (Lipinski definition) is 2. The number of aliphatic hydroxyl groups excluding tert-OH is 1. The van der Waals surface area contributed by atoms with Crippen LogP contribution in [-0.2, 0) is 49.4 Å². The summed E-state index contributed by atoms with van der Waals surface area (Å²) in [5.74, 6) is -6.43. The number of aliphatic hydroxyl groups is 1. The number of ketones is 2. The molecule has 3 saturated heterocycles. The van der Waals surface area contributed by atoms with Gasteiger partial charge in [-0.25, -0.2) is 19.0 Å². The van der Waals surface area contributed by atoms with E-state index in [-0.39, 0.29) is 37.5 Å². The van der Waals surface area contributed by atoms with Crippen LogP contribution in [0.2, 0.25) is 0 Å². The van der Waals surface area contributed by atoms with Crippen LogP contribution in [0.4, 0.5) is 9.18 Å². The molecule has 1 aromatic heterocycles. The number of rotatable bonds is 11. The molecule has 60 heavy (non-hydrogen) atoms. The number of methoxy groups -OCH3 is 1. The molecule has 0 aliphatic carbocycles. The van der Waals surface area contributed by atoms with Crippen molar-refractivity contribution in [3.63, 3.8) is 0 Å². The summed E-state index contributed by atoms with van der Waals surface area (Å²) in [7, 11) is 1.36. The molecule has 16 heteroatoms. The number of halogens is 1. The van der Waals surface area contributed by atoms with E-state index < -0.39 is 95.3 Å². The fourth-order valence-electron chi connectivity index (χ4n) is 9.44. The molecule has 0 bridgehead atoms. The number of carbonyl (C=O) groups excluding carboxylic acids is 5. The second-order valence-corrected chi connectivity index (χ2v) is 17.4. The maximum absolute atomic E-state index is 16.9. The molecule has 13 atom stereocenters. The molecule has 3 fully saturated rings. The van der Waals surface area contributed by atoms with Crippen LogP contribution in [0.25, 0.3) is 11.3 Å². The summed E-state index contributed by atoms with van der Waals surface area (Å²) in [6.07, 6.45) is -1.49. The first-order chi connectivity index (χ1) is 28.2. The van der Waals surface area contributed by atoms with E-state index in [1.165, 1.54) is 25.9 Å². The zero-order chi connectivity index (χ0) is 44.3. The first-order valence-corrected chi connectivity index (χ1v) is 21.0. The number of carbonyl (C=O) groups is 5. The number of esters is 1. The Morgan fingerprint density at radius 3 is 2.33 bits per heavy atom. The summed E-state index contributed by atoms with van der Waals surface area (Å²) in [4.78, 5) is 74.7. The molecule has 1 aromatic carbocycles. The molecule has 5 rings (SSSR count). The normalized spacial score (nSPS) is 36.9. The third kappa shape index (κ3) is 9.61. The topological polar surface area (TPSA) is 185 Å². The Morgan fingerprint density at radius 2 is 1.70 bits per heavy atom. The quantitative estimate of drug-likeness (QED) is 0.172. The fourth-order valence-corrected chi connectivity index (χ4v) is 9.44. The molecule has 0 saturated carbocycles. The number of aryl methyl sites for hydroxylation is 1. The number of unbranched alkanes of at least 4 members (excludes halogenated alkanes) is 1. The molecule has 3 aliphatic rings. The highest BCUT2D eigenvalue weighted by atomic mass is 19.1. The maximum Gasteiger partial charge on any atom is 0.410 e. The highest BCUT2D eigenvalue weighted by Crippen LogP contribution is 2.43. The van der Waals surface area contributed by atoms with E-state index in [1.807, 2.05) is 41.1 Å². The van der Waals surface area contributed by atoms with Gasteiger partial charge in [0.1, 0.15) is 18.0 Å². The van der Waals surface area contributed by atoms with Crippen molar-refractivity contribution >= 4 is 29.5 Å². The third-order valence-corrected chi connectivity index (χ3v) is 12.7. The summed E-state index contributed by atoms with van der Waals surface area (Å²) >= 11 is 0. The van der Waals surface area contributed by atoms with Gasteiger partial charge in [0.25, 0.3) is 5.67 Å². The van der Waals surface area contributed by atoms with Crippen LogP contribution >= 0.6 is 0 Å². The fraction of sp³-hybridized carbons (Fsp3) is 0.682. The molecule has 2 aromatic rings. The van der Waals surface area contributed by atoms with Gasteiger partial charge in [0.2, 0.25) is 5.91 Å². The number of aromatic nitrogens is 2. The van der Waals surface area contributed by atoms with Gasteiger partial charge in [-0.05, 0) is 59.8 Å². The average molecular weight is 843 g/mol. The molecule has 2 amide bonds. The van der Waals surface area contributed by atoms with Crippen LogP contribution in [0.5, 0.6) is 0 Å². The predicted molar refractivity (Wildman–Crippen MR) is 217 cm³/mol. The number of hydrogen-bond acceptors (Lipinski definition) is 12. The molecule has 332 valence electrons. The van der Waals surface area contributed by atoms with Crippen LogP contribution in [0.1, 0.15) is 94.4 Å². The number of fused-ring (bicyclic) bond motifs is 1. The van der Waals surface area contributed by atoms with Crippen molar-refractivity contribution in [1.29, 1.82) is 0 Å². The molecule has 0 radical (unpaired) electrons. The van der Waals surface area contributed by atoms with Crippen molar-refractivity contribution in [3.8, 4) is 11.3 Å². The van der Waals surface area contributed by atoms with Gasteiger partial charge in [-0.2, -0.15) is 0 Å². The molecular formula is C44H63FN4O11. The zero-order valence-electron chi connectivity index (χ0n) is 36.5. The van der Waals surface area contributed by atoms with Gasteiger partial charge in [0.15, 0.2) is 17.7 Å². The van der Waals surface area contributed by atoms with Crippen molar-refractivity contribution < 1.29 is 57.2 Å². The number of ether oxygens (including phenoxy) is 5. The number of imidazole rings is 1. The minimum Gasteiger partial charge on any atom is -0.455 e. The molecule has 4 heterocycles. The number of cyclic esters (lactones) is 1. The van der Waals surface area contributed by atoms with Crippen LogP contribution in [0.3, 0.4) is 0 Å². The molecule has 1 unspecified atom stereocenters. The Hall–Kier alpha value is -4.25. The molecule has 2 N–H and O–H groups in total. The molecule has 0 spiro atoms. The van der Waals surface area contributed by atoms with E-state index in [9.17, 15) is 29.1 Å². The second-order valence-electron chi connectivity index (χ2n) is 17.4. The number of amides is 2. The summed E-state index contributed by atoms with van der Waals surface area (Å²) < 4.78 is 49.2. The number of benzene rings is 1. The summed E-state index contributed by atoms with van der Waals surface area (Å²) in [5.41, 5.74) is -4.52. The maximum atomic E-state index is 16.9. The zero-order valence-corrected chi connectivity index (χ0v) is 36.5.